The molecule has 0 aromatic carbocycles. The average molecular weight is 287 g/mol. The summed E-state index contributed by atoms with van der Waals surface area (Å²) < 4.78 is 38.9. The van der Waals surface area contributed by atoms with Gasteiger partial charge in [-0.2, -0.15) is 4.31 Å². The van der Waals surface area contributed by atoms with E-state index in [0.29, 0.717) is 12.1 Å². The van der Waals surface area contributed by atoms with Crippen LogP contribution in [-0.2, 0) is 10.0 Å². The summed E-state index contributed by atoms with van der Waals surface area (Å²) in [7, 11) is -3.75. The fourth-order valence-corrected chi connectivity index (χ4v) is 3.54. The molecule has 1 aliphatic heterocycles. The summed E-state index contributed by atoms with van der Waals surface area (Å²) in [5.74, 6) is -0.862. The van der Waals surface area contributed by atoms with Crippen LogP contribution in [0.15, 0.2) is 28.5 Å². The molecule has 1 aliphatic rings. The van der Waals surface area contributed by atoms with Gasteiger partial charge < -0.3 is 5.21 Å². The van der Waals surface area contributed by atoms with Crippen LogP contribution in [0.3, 0.4) is 0 Å². The summed E-state index contributed by atoms with van der Waals surface area (Å²) in [6, 6.07) is 0.947. The van der Waals surface area contributed by atoms with Gasteiger partial charge in [-0.25, -0.2) is 12.8 Å². The molecule has 0 bridgehead atoms. The van der Waals surface area contributed by atoms with Crippen LogP contribution in [-0.4, -0.2) is 41.7 Å². The number of halogens is 1. The van der Waals surface area contributed by atoms with Gasteiger partial charge in [-0.3, -0.25) is 4.98 Å². The Labute approximate surface area is 110 Å². The zero-order valence-corrected chi connectivity index (χ0v) is 11.1. The second-order valence-corrected chi connectivity index (χ2v) is 6.38. The van der Waals surface area contributed by atoms with E-state index in [1.54, 1.807) is 6.92 Å². The van der Waals surface area contributed by atoms with Crippen molar-refractivity contribution in [2.75, 3.05) is 13.1 Å². The first-order valence-electron chi connectivity index (χ1n) is 5.76. The monoisotopic (exact) mass is 287 g/mol. The maximum atomic E-state index is 13.1. The number of aromatic nitrogens is 1. The molecular formula is C11H14FN3O3S. The molecule has 19 heavy (non-hydrogen) atoms. The molecule has 1 N–H and O–H groups in total. The molecule has 0 amide bonds. The van der Waals surface area contributed by atoms with Crippen molar-refractivity contribution in [2.45, 2.75) is 18.2 Å². The highest BCUT2D eigenvalue weighted by atomic mass is 32.2. The van der Waals surface area contributed by atoms with Gasteiger partial charge in [0.1, 0.15) is 10.7 Å². The van der Waals surface area contributed by atoms with Crippen molar-refractivity contribution in [1.29, 1.82) is 0 Å². The Morgan fingerprint density at radius 2 is 2.26 bits per heavy atom. The maximum absolute atomic E-state index is 13.1. The van der Waals surface area contributed by atoms with Crippen LogP contribution in [0.1, 0.15) is 13.3 Å². The number of rotatable bonds is 2. The largest absolute Gasteiger partial charge is 0.411 e. The maximum Gasteiger partial charge on any atom is 0.244 e. The minimum atomic E-state index is -3.75. The first kappa shape index (κ1) is 13.9. The van der Waals surface area contributed by atoms with Gasteiger partial charge in [0, 0.05) is 31.6 Å². The van der Waals surface area contributed by atoms with Crippen molar-refractivity contribution in [3.8, 4) is 0 Å². The molecule has 1 saturated heterocycles. The number of hydrogen-bond acceptors (Lipinski definition) is 5. The Balaban J connectivity index is 2.27. The SMILES string of the molecule is CC1CN(S(=O)(=O)c2cncc(F)c2)CC/C1=N\O. The summed E-state index contributed by atoms with van der Waals surface area (Å²) >= 11 is 0. The third-order valence-corrected chi connectivity index (χ3v) is 4.94. The van der Waals surface area contributed by atoms with Crippen LogP contribution in [0.5, 0.6) is 0 Å². The Bertz CT molecular complexity index is 603. The normalized spacial score (nSPS) is 23.7. The van der Waals surface area contributed by atoms with Crippen molar-refractivity contribution < 1.29 is 18.0 Å². The van der Waals surface area contributed by atoms with Crippen LogP contribution in [0.4, 0.5) is 4.39 Å². The third-order valence-electron chi connectivity index (χ3n) is 3.11. The molecule has 1 atom stereocenters. The van der Waals surface area contributed by atoms with Crippen LogP contribution in [0.2, 0.25) is 0 Å². The Morgan fingerprint density at radius 1 is 1.53 bits per heavy atom. The molecule has 1 aromatic rings. The van der Waals surface area contributed by atoms with E-state index < -0.39 is 15.8 Å². The van der Waals surface area contributed by atoms with Crippen molar-refractivity contribution in [1.82, 2.24) is 9.29 Å². The topological polar surface area (TPSA) is 82.9 Å². The van der Waals surface area contributed by atoms with Gasteiger partial charge in [0.15, 0.2) is 0 Å². The molecule has 0 radical (unpaired) electrons. The van der Waals surface area contributed by atoms with Crippen LogP contribution in [0.25, 0.3) is 0 Å². The van der Waals surface area contributed by atoms with Crippen molar-refractivity contribution in [3.63, 3.8) is 0 Å². The minimum Gasteiger partial charge on any atom is -0.411 e. The number of oxime groups is 1. The molecule has 2 heterocycles. The van der Waals surface area contributed by atoms with Crippen molar-refractivity contribution in [2.24, 2.45) is 11.1 Å². The molecule has 6 nitrogen and oxygen atoms in total. The number of piperidine rings is 1. The van der Waals surface area contributed by atoms with E-state index in [1.807, 2.05) is 0 Å². The molecular weight excluding hydrogens is 273 g/mol. The van der Waals surface area contributed by atoms with E-state index in [9.17, 15) is 12.8 Å². The second-order valence-electron chi connectivity index (χ2n) is 4.44. The Hall–Kier alpha value is -1.54. The Morgan fingerprint density at radius 3 is 2.84 bits per heavy atom. The zero-order valence-electron chi connectivity index (χ0n) is 10.3. The summed E-state index contributed by atoms with van der Waals surface area (Å²) in [4.78, 5) is 3.39. The summed E-state index contributed by atoms with van der Waals surface area (Å²) in [5.41, 5.74) is 0.573. The Kier molecular flexibility index (Phi) is 3.81. The number of pyridine rings is 1. The summed E-state index contributed by atoms with van der Waals surface area (Å²) in [5, 5.41) is 11.9. The fraction of sp³-hybridized carbons (Fsp3) is 0.455. The predicted octanol–water partition coefficient (Wildman–Crippen LogP) is 1.08. The van der Waals surface area contributed by atoms with E-state index in [0.717, 1.165) is 18.5 Å². The summed E-state index contributed by atoms with van der Waals surface area (Å²) in [6.07, 6.45) is 2.44. The second kappa shape index (κ2) is 5.22. The molecule has 0 spiro atoms. The smallest absolute Gasteiger partial charge is 0.244 e. The molecule has 1 fully saturated rings. The lowest BCUT2D eigenvalue weighted by atomic mass is 10.00. The van der Waals surface area contributed by atoms with Crippen LogP contribution in [0, 0.1) is 11.7 Å². The van der Waals surface area contributed by atoms with E-state index in [-0.39, 0.29) is 23.9 Å². The highest BCUT2D eigenvalue weighted by Crippen LogP contribution is 2.22. The first-order valence-corrected chi connectivity index (χ1v) is 7.20. The van der Waals surface area contributed by atoms with Crippen LogP contribution >= 0.6 is 0 Å². The highest BCUT2D eigenvalue weighted by Gasteiger charge is 2.32. The van der Waals surface area contributed by atoms with Gasteiger partial charge in [-0.05, 0) is 6.07 Å². The predicted molar refractivity (Wildman–Crippen MR) is 66.0 cm³/mol. The van der Waals surface area contributed by atoms with Gasteiger partial charge in [-0.1, -0.05) is 12.1 Å². The minimum absolute atomic E-state index is 0.163. The van der Waals surface area contributed by atoms with Gasteiger partial charge >= 0.3 is 0 Å². The van der Waals surface area contributed by atoms with Gasteiger partial charge in [0.05, 0.1) is 11.9 Å². The van der Waals surface area contributed by atoms with E-state index in [1.165, 1.54) is 4.31 Å². The summed E-state index contributed by atoms with van der Waals surface area (Å²) in [6.45, 7) is 2.20. The molecule has 8 heteroatoms. The molecule has 2 rings (SSSR count). The lowest BCUT2D eigenvalue weighted by Crippen LogP contribution is -2.43. The van der Waals surface area contributed by atoms with E-state index >= 15 is 0 Å². The number of nitrogens with zero attached hydrogens (tertiary/aromatic N) is 3. The fourth-order valence-electron chi connectivity index (χ4n) is 2.04. The lowest BCUT2D eigenvalue weighted by Gasteiger charge is -2.30. The van der Waals surface area contributed by atoms with Crippen molar-refractivity contribution >= 4 is 15.7 Å². The molecule has 104 valence electrons. The first-order chi connectivity index (χ1) is 8.95. The standard InChI is InChI=1S/C11H14FN3O3S/c1-8-7-15(3-2-11(8)14-16)19(17,18)10-4-9(12)5-13-6-10/h4-6,8,16H,2-3,7H2,1H3/b14-11+. The van der Waals surface area contributed by atoms with Crippen molar-refractivity contribution in [3.05, 3.63) is 24.3 Å². The lowest BCUT2D eigenvalue weighted by molar-refractivity contribution is 0.300. The molecule has 1 aromatic heterocycles. The highest BCUT2D eigenvalue weighted by molar-refractivity contribution is 7.89. The zero-order chi connectivity index (χ0) is 14.0. The molecule has 0 saturated carbocycles. The average Bonchev–Trinajstić information content (AvgIpc) is 2.38. The van der Waals surface area contributed by atoms with E-state index in [4.69, 9.17) is 5.21 Å². The number of hydrogen-bond donors (Lipinski definition) is 1. The molecule has 0 aliphatic carbocycles. The van der Waals surface area contributed by atoms with Gasteiger partial charge in [0.25, 0.3) is 0 Å². The van der Waals surface area contributed by atoms with Gasteiger partial charge in [-0.15, -0.1) is 0 Å². The quantitative estimate of drug-likeness (QED) is 0.652. The molecule has 1 unspecified atom stereocenters. The van der Waals surface area contributed by atoms with Crippen LogP contribution < -0.4 is 0 Å². The van der Waals surface area contributed by atoms with Gasteiger partial charge in [0.2, 0.25) is 10.0 Å². The van der Waals surface area contributed by atoms with E-state index in [2.05, 4.69) is 10.1 Å². The third kappa shape index (κ3) is 2.74. The number of sulfonamides is 1.